The maximum absolute atomic E-state index is 12.1. The second kappa shape index (κ2) is 7.82. The molecule has 1 fully saturated rings. The van der Waals surface area contributed by atoms with E-state index in [1.165, 1.54) is 5.56 Å². The van der Waals surface area contributed by atoms with E-state index in [2.05, 4.69) is 41.4 Å². The molecule has 0 unspecified atom stereocenters. The Morgan fingerprint density at radius 2 is 1.96 bits per heavy atom. The maximum Gasteiger partial charge on any atom is 0.407 e. The van der Waals surface area contributed by atoms with Crippen molar-refractivity contribution in [3.05, 3.63) is 35.9 Å². The highest BCUT2D eigenvalue weighted by Gasteiger charge is 2.34. The molecule has 2 rings (SSSR count). The molecular weight excluding hydrogens is 288 g/mol. The summed E-state index contributed by atoms with van der Waals surface area (Å²) in [5, 5.41) is 3.08. The molecule has 1 aliphatic rings. The van der Waals surface area contributed by atoms with E-state index >= 15 is 0 Å². The van der Waals surface area contributed by atoms with E-state index in [1.54, 1.807) is 0 Å². The summed E-state index contributed by atoms with van der Waals surface area (Å²) in [5.74, 6) is 0.497. The first-order valence-corrected chi connectivity index (χ1v) is 8.63. The highest BCUT2D eigenvalue weighted by molar-refractivity contribution is 5.68. The van der Waals surface area contributed by atoms with Crippen molar-refractivity contribution in [2.75, 3.05) is 13.1 Å². The van der Waals surface area contributed by atoms with Crippen LogP contribution in [0.3, 0.4) is 0 Å². The zero-order chi connectivity index (χ0) is 16.9. The van der Waals surface area contributed by atoms with Gasteiger partial charge in [0.1, 0.15) is 5.60 Å². The number of nitrogens with zero attached hydrogens (tertiary/aromatic N) is 1. The van der Waals surface area contributed by atoms with Gasteiger partial charge >= 0.3 is 6.09 Å². The van der Waals surface area contributed by atoms with Gasteiger partial charge in [0.05, 0.1) is 0 Å². The van der Waals surface area contributed by atoms with Gasteiger partial charge in [-0.15, -0.1) is 0 Å². The van der Waals surface area contributed by atoms with E-state index in [4.69, 9.17) is 4.74 Å². The predicted octanol–water partition coefficient (Wildman–Crippen LogP) is 3.81. The first kappa shape index (κ1) is 17.8. The zero-order valence-corrected chi connectivity index (χ0v) is 14.8. The molecule has 4 heteroatoms. The van der Waals surface area contributed by atoms with Gasteiger partial charge in [-0.25, -0.2) is 4.79 Å². The van der Waals surface area contributed by atoms with Crippen LogP contribution in [0, 0.1) is 5.92 Å². The Labute approximate surface area is 140 Å². The minimum Gasteiger partial charge on any atom is -0.444 e. The van der Waals surface area contributed by atoms with Gasteiger partial charge in [-0.3, -0.25) is 4.90 Å². The summed E-state index contributed by atoms with van der Waals surface area (Å²) in [7, 11) is 0. The molecule has 0 spiro atoms. The number of carbonyl (C=O) groups is 1. The lowest BCUT2D eigenvalue weighted by Crippen LogP contribution is -2.43. The Bertz CT molecular complexity index is 496. The van der Waals surface area contributed by atoms with Crippen LogP contribution < -0.4 is 5.32 Å². The summed E-state index contributed by atoms with van der Waals surface area (Å²) in [4.78, 5) is 14.5. The van der Waals surface area contributed by atoms with Crippen molar-refractivity contribution in [2.45, 2.75) is 58.7 Å². The highest BCUT2D eigenvalue weighted by atomic mass is 16.6. The summed E-state index contributed by atoms with van der Waals surface area (Å²) in [6.45, 7) is 10.7. The smallest absolute Gasteiger partial charge is 0.407 e. The predicted molar refractivity (Wildman–Crippen MR) is 93.3 cm³/mol. The first-order chi connectivity index (χ1) is 10.9. The molecule has 0 aliphatic carbocycles. The number of hydrogen-bond acceptors (Lipinski definition) is 3. The molecular formula is C19H30N2O2. The number of ether oxygens (including phenoxy) is 1. The van der Waals surface area contributed by atoms with Crippen LogP contribution in [0.25, 0.3) is 0 Å². The summed E-state index contributed by atoms with van der Waals surface area (Å²) in [6.07, 6.45) is 1.97. The number of carbonyl (C=O) groups excluding carboxylic acids is 1. The van der Waals surface area contributed by atoms with Crippen LogP contribution >= 0.6 is 0 Å². The van der Waals surface area contributed by atoms with Crippen LogP contribution in [0.2, 0.25) is 0 Å². The fourth-order valence-corrected chi connectivity index (χ4v) is 3.22. The fourth-order valence-electron chi connectivity index (χ4n) is 3.22. The minimum atomic E-state index is -0.452. The van der Waals surface area contributed by atoms with Crippen LogP contribution in [-0.2, 0) is 11.3 Å². The standard InChI is InChI=1S/C19H30N2O2/c1-5-9-16-13-21(12-15-10-7-6-8-11-15)14-17(16)20-18(22)23-19(2,3)4/h6-8,10-11,16-17H,5,9,12-14H2,1-4H3,(H,20,22)/t16-,17+/m0/s1. The number of amides is 1. The molecule has 1 N–H and O–H groups in total. The summed E-state index contributed by atoms with van der Waals surface area (Å²) in [5.41, 5.74) is 0.868. The highest BCUT2D eigenvalue weighted by Crippen LogP contribution is 2.24. The third kappa shape index (κ3) is 5.87. The molecule has 128 valence electrons. The lowest BCUT2D eigenvalue weighted by atomic mass is 9.98. The van der Waals surface area contributed by atoms with Gasteiger partial charge in [0.2, 0.25) is 0 Å². The summed E-state index contributed by atoms with van der Waals surface area (Å²) >= 11 is 0. The fraction of sp³-hybridized carbons (Fsp3) is 0.632. The molecule has 0 aromatic heterocycles. The normalized spacial score (nSPS) is 22.1. The Hall–Kier alpha value is -1.55. The van der Waals surface area contributed by atoms with E-state index in [0.717, 1.165) is 32.5 Å². The van der Waals surface area contributed by atoms with Crippen molar-refractivity contribution >= 4 is 6.09 Å². The van der Waals surface area contributed by atoms with Gasteiger partial charge in [-0.1, -0.05) is 43.7 Å². The van der Waals surface area contributed by atoms with E-state index in [1.807, 2.05) is 26.8 Å². The molecule has 1 aromatic carbocycles. The molecule has 4 nitrogen and oxygen atoms in total. The summed E-state index contributed by atoms with van der Waals surface area (Å²) in [6, 6.07) is 10.7. The number of benzene rings is 1. The third-order valence-electron chi connectivity index (χ3n) is 4.13. The van der Waals surface area contributed by atoms with Crippen LogP contribution in [-0.4, -0.2) is 35.7 Å². The number of rotatable bonds is 5. The Morgan fingerprint density at radius 3 is 2.57 bits per heavy atom. The molecule has 1 heterocycles. The van der Waals surface area contributed by atoms with Gasteiger partial charge in [0.25, 0.3) is 0 Å². The first-order valence-electron chi connectivity index (χ1n) is 8.63. The average molecular weight is 318 g/mol. The van der Waals surface area contributed by atoms with Crippen molar-refractivity contribution in [3.8, 4) is 0 Å². The molecule has 0 saturated carbocycles. The topological polar surface area (TPSA) is 41.6 Å². The van der Waals surface area contributed by atoms with E-state index < -0.39 is 5.60 Å². The zero-order valence-electron chi connectivity index (χ0n) is 14.8. The van der Waals surface area contributed by atoms with Crippen LogP contribution in [0.1, 0.15) is 46.1 Å². The Kier molecular flexibility index (Phi) is 6.05. The SMILES string of the molecule is CCC[C@H]1CN(Cc2ccccc2)C[C@H]1NC(=O)OC(C)(C)C. The van der Waals surface area contributed by atoms with Crippen LogP contribution in [0.15, 0.2) is 30.3 Å². The number of nitrogens with one attached hydrogen (secondary N) is 1. The van der Waals surface area contributed by atoms with Gasteiger partial charge in [-0.05, 0) is 38.7 Å². The van der Waals surface area contributed by atoms with Gasteiger partial charge in [-0.2, -0.15) is 0 Å². The minimum absolute atomic E-state index is 0.175. The molecule has 0 radical (unpaired) electrons. The van der Waals surface area contributed by atoms with Crippen LogP contribution in [0.5, 0.6) is 0 Å². The second-order valence-corrected chi connectivity index (χ2v) is 7.48. The quantitative estimate of drug-likeness (QED) is 0.897. The van der Waals surface area contributed by atoms with Crippen molar-refractivity contribution in [1.82, 2.24) is 10.2 Å². The van der Waals surface area contributed by atoms with Gasteiger partial charge < -0.3 is 10.1 Å². The molecule has 23 heavy (non-hydrogen) atoms. The molecule has 0 bridgehead atoms. The molecule has 1 aliphatic heterocycles. The molecule has 1 saturated heterocycles. The maximum atomic E-state index is 12.1. The Balaban J connectivity index is 1.93. The van der Waals surface area contributed by atoms with E-state index in [0.29, 0.717) is 5.92 Å². The van der Waals surface area contributed by atoms with Crippen molar-refractivity contribution in [1.29, 1.82) is 0 Å². The molecule has 1 amide bonds. The summed E-state index contributed by atoms with van der Waals surface area (Å²) < 4.78 is 5.41. The number of likely N-dealkylation sites (tertiary alicyclic amines) is 1. The monoisotopic (exact) mass is 318 g/mol. The molecule has 2 atom stereocenters. The van der Waals surface area contributed by atoms with E-state index in [9.17, 15) is 4.79 Å². The average Bonchev–Trinajstić information content (AvgIpc) is 2.80. The van der Waals surface area contributed by atoms with E-state index in [-0.39, 0.29) is 12.1 Å². The van der Waals surface area contributed by atoms with Crippen molar-refractivity contribution in [2.24, 2.45) is 5.92 Å². The third-order valence-corrected chi connectivity index (χ3v) is 4.13. The number of hydrogen-bond donors (Lipinski definition) is 1. The number of alkyl carbamates (subject to hydrolysis) is 1. The van der Waals surface area contributed by atoms with Crippen LogP contribution in [0.4, 0.5) is 4.79 Å². The van der Waals surface area contributed by atoms with Crippen molar-refractivity contribution < 1.29 is 9.53 Å². The molecule has 1 aromatic rings. The second-order valence-electron chi connectivity index (χ2n) is 7.48. The van der Waals surface area contributed by atoms with Crippen molar-refractivity contribution in [3.63, 3.8) is 0 Å². The lowest BCUT2D eigenvalue weighted by molar-refractivity contribution is 0.0494. The van der Waals surface area contributed by atoms with Gasteiger partial charge in [0, 0.05) is 25.7 Å². The largest absolute Gasteiger partial charge is 0.444 e. The lowest BCUT2D eigenvalue weighted by Gasteiger charge is -2.24. The Morgan fingerprint density at radius 1 is 1.26 bits per heavy atom. The van der Waals surface area contributed by atoms with Gasteiger partial charge in [0.15, 0.2) is 0 Å².